The minimum atomic E-state index is 0.293. The Balaban J connectivity index is 1.61. The lowest BCUT2D eigenvalue weighted by molar-refractivity contribution is 1.16. The third-order valence-electron chi connectivity index (χ3n) is 7.69. The van der Waals surface area contributed by atoms with Crippen LogP contribution in [0.1, 0.15) is 11.1 Å². The van der Waals surface area contributed by atoms with Crippen molar-refractivity contribution < 1.29 is 0 Å². The Morgan fingerprint density at radius 2 is 1.30 bits per heavy atom. The van der Waals surface area contributed by atoms with Crippen LogP contribution < -0.4 is 16.4 Å². The van der Waals surface area contributed by atoms with Gasteiger partial charge in [-0.1, -0.05) is 109 Å². The maximum absolute atomic E-state index is 2.56. The molecule has 2 heteroatoms. The number of hydrogen-bond donors (Lipinski definition) is 0. The molecule has 1 nitrogen and oxygen atoms in total. The van der Waals surface area contributed by atoms with Crippen molar-refractivity contribution in [2.75, 3.05) is 0 Å². The molecule has 0 saturated heterocycles. The van der Waals surface area contributed by atoms with Gasteiger partial charge in [-0.25, -0.2) is 0 Å². The van der Waals surface area contributed by atoms with Crippen molar-refractivity contribution in [1.29, 1.82) is 0 Å². The lowest BCUT2D eigenvalue weighted by Crippen LogP contribution is -2.60. The number of nitrogens with zero attached hydrogens (tertiary/aromatic N) is 1. The second-order valence-corrected chi connectivity index (χ2v) is 9.31. The van der Waals surface area contributed by atoms with Crippen molar-refractivity contribution in [3.05, 3.63) is 120 Å². The van der Waals surface area contributed by atoms with Gasteiger partial charge < -0.3 is 4.57 Å². The number of hydrogen-bond acceptors (Lipinski definition) is 0. The first-order valence-corrected chi connectivity index (χ1v) is 11.7. The van der Waals surface area contributed by atoms with Crippen LogP contribution in [0.3, 0.4) is 0 Å². The predicted molar refractivity (Wildman–Crippen MR) is 140 cm³/mol. The van der Waals surface area contributed by atoms with E-state index in [1.165, 1.54) is 66.1 Å². The summed E-state index contributed by atoms with van der Waals surface area (Å²) in [4.78, 5) is 0. The molecule has 0 unspecified atom stereocenters. The fourth-order valence-corrected chi connectivity index (χ4v) is 6.39. The highest BCUT2D eigenvalue weighted by molar-refractivity contribution is 6.98. The molecule has 2 aliphatic heterocycles. The maximum Gasteiger partial charge on any atom is 0.247 e. The predicted octanol–water partition coefficient (Wildman–Crippen LogP) is 5.18. The molecule has 0 saturated carbocycles. The van der Waals surface area contributed by atoms with E-state index >= 15 is 0 Å². The fourth-order valence-electron chi connectivity index (χ4n) is 6.39. The molecular formula is C31H20BN. The van der Waals surface area contributed by atoms with Crippen molar-refractivity contribution >= 4 is 44.9 Å². The molecule has 0 bridgehead atoms. The molecule has 0 spiro atoms. The van der Waals surface area contributed by atoms with E-state index in [0.29, 0.717) is 6.71 Å². The Bertz CT molecular complexity index is 1740. The maximum atomic E-state index is 2.56. The third-order valence-corrected chi connectivity index (χ3v) is 7.69. The Morgan fingerprint density at radius 3 is 2.21 bits per heavy atom. The number of rotatable bonds is 1. The van der Waals surface area contributed by atoms with Crippen molar-refractivity contribution in [1.82, 2.24) is 4.57 Å². The van der Waals surface area contributed by atoms with Crippen LogP contribution >= 0.6 is 0 Å². The van der Waals surface area contributed by atoms with Gasteiger partial charge in [0.15, 0.2) is 0 Å². The third kappa shape index (κ3) is 2.18. The van der Waals surface area contributed by atoms with Gasteiger partial charge in [-0.05, 0) is 40.1 Å². The first kappa shape index (κ1) is 17.5. The monoisotopic (exact) mass is 417 g/mol. The van der Waals surface area contributed by atoms with Gasteiger partial charge in [0.25, 0.3) is 0 Å². The molecule has 2 aliphatic rings. The largest absolute Gasteiger partial charge is 0.310 e. The van der Waals surface area contributed by atoms with Crippen molar-refractivity contribution in [3.8, 4) is 16.8 Å². The molecule has 0 aliphatic carbocycles. The van der Waals surface area contributed by atoms with Crippen LogP contribution in [0.2, 0.25) is 0 Å². The Kier molecular flexibility index (Phi) is 3.33. The van der Waals surface area contributed by atoms with E-state index in [2.05, 4.69) is 114 Å². The van der Waals surface area contributed by atoms with E-state index in [-0.39, 0.29) is 0 Å². The van der Waals surface area contributed by atoms with Crippen LogP contribution in [0.5, 0.6) is 0 Å². The van der Waals surface area contributed by atoms with Crippen LogP contribution in [-0.2, 0) is 6.42 Å². The quantitative estimate of drug-likeness (QED) is 0.324. The topological polar surface area (TPSA) is 4.93 Å². The second-order valence-electron chi connectivity index (χ2n) is 9.31. The molecule has 0 amide bonds. The molecule has 8 rings (SSSR count). The normalized spacial score (nSPS) is 13.3. The average molecular weight is 417 g/mol. The Morgan fingerprint density at radius 1 is 0.545 bits per heavy atom. The lowest BCUT2D eigenvalue weighted by Gasteiger charge is -2.33. The van der Waals surface area contributed by atoms with Crippen LogP contribution in [-0.4, -0.2) is 11.3 Å². The van der Waals surface area contributed by atoms with E-state index in [9.17, 15) is 0 Å². The Hall–Kier alpha value is -4.04. The minimum absolute atomic E-state index is 0.293. The van der Waals surface area contributed by atoms with E-state index in [4.69, 9.17) is 0 Å². The summed E-state index contributed by atoms with van der Waals surface area (Å²) in [6.07, 6.45) is 1.01. The van der Waals surface area contributed by atoms with Crippen molar-refractivity contribution in [3.63, 3.8) is 0 Å². The highest BCUT2D eigenvalue weighted by Gasteiger charge is 2.38. The molecule has 6 aromatic rings. The van der Waals surface area contributed by atoms with Gasteiger partial charge in [-0.2, -0.15) is 0 Å². The first-order chi connectivity index (χ1) is 16.4. The van der Waals surface area contributed by atoms with Gasteiger partial charge in [0.05, 0.1) is 5.52 Å². The summed E-state index contributed by atoms with van der Waals surface area (Å²) < 4.78 is 2.56. The molecule has 0 fully saturated rings. The van der Waals surface area contributed by atoms with Crippen molar-refractivity contribution in [2.45, 2.75) is 6.42 Å². The molecule has 3 heterocycles. The minimum Gasteiger partial charge on any atom is -0.310 e. The van der Waals surface area contributed by atoms with E-state index in [1.807, 2.05) is 0 Å². The zero-order valence-electron chi connectivity index (χ0n) is 18.1. The molecule has 152 valence electrons. The fraction of sp³-hybridized carbons (Fsp3) is 0.0323. The molecule has 5 aromatic carbocycles. The van der Waals surface area contributed by atoms with Gasteiger partial charge in [-0.3, -0.25) is 0 Å². The summed E-state index contributed by atoms with van der Waals surface area (Å²) in [6.45, 7) is 0.293. The summed E-state index contributed by atoms with van der Waals surface area (Å²) >= 11 is 0. The number of para-hydroxylation sites is 2. The van der Waals surface area contributed by atoms with Crippen LogP contribution in [0, 0.1) is 0 Å². The van der Waals surface area contributed by atoms with Crippen LogP contribution in [0.4, 0.5) is 0 Å². The lowest BCUT2D eigenvalue weighted by atomic mass is 9.32. The summed E-state index contributed by atoms with van der Waals surface area (Å²) in [6, 6.07) is 40.4. The van der Waals surface area contributed by atoms with Gasteiger partial charge >= 0.3 is 0 Å². The van der Waals surface area contributed by atoms with Crippen molar-refractivity contribution in [2.24, 2.45) is 0 Å². The zero-order chi connectivity index (χ0) is 21.5. The average Bonchev–Trinajstić information content (AvgIpc) is 3.23. The molecule has 0 N–H and O–H groups in total. The Labute approximate surface area is 193 Å². The zero-order valence-corrected chi connectivity index (χ0v) is 18.1. The molecule has 1 aromatic heterocycles. The second kappa shape index (κ2) is 6.27. The van der Waals surface area contributed by atoms with E-state index in [0.717, 1.165) is 6.42 Å². The molecule has 0 atom stereocenters. The highest BCUT2D eigenvalue weighted by Crippen LogP contribution is 2.39. The van der Waals surface area contributed by atoms with Crippen LogP contribution in [0.15, 0.2) is 109 Å². The highest BCUT2D eigenvalue weighted by atomic mass is 15.0. The summed E-state index contributed by atoms with van der Waals surface area (Å²) in [7, 11) is 0. The number of benzene rings is 5. The van der Waals surface area contributed by atoms with Gasteiger partial charge in [-0.15, -0.1) is 0 Å². The smallest absolute Gasteiger partial charge is 0.247 e. The SMILES string of the molecule is c1ccc(-c2cccc3c4ccc5c6c4n(c23)-c2ccccc2B6c2ccccc2C5)cc1. The van der Waals surface area contributed by atoms with Gasteiger partial charge in [0.1, 0.15) is 0 Å². The number of aromatic nitrogens is 1. The number of fused-ring (bicyclic) bond motifs is 8. The molecule has 0 radical (unpaired) electrons. The summed E-state index contributed by atoms with van der Waals surface area (Å²) in [5.41, 5.74) is 13.9. The van der Waals surface area contributed by atoms with E-state index < -0.39 is 0 Å². The molecule has 33 heavy (non-hydrogen) atoms. The summed E-state index contributed by atoms with van der Waals surface area (Å²) in [5, 5.41) is 2.70. The van der Waals surface area contributed by atoms with E-state index in [1.54, 1.807) is 0 Å². The van der Waals surface area contributed by atoms with Gasteiger partial charge in [0, 0.05) is 27.5 Å². The first-order valence-electron chi connectivity index (χ1n) is 11.7. The standard InChI is InChI=1S/C31H20BN/c1-2-9-20(10-3-1)23-12-8-13-24-25-18-17-22-19-21-11-4-5-14-26(21)32-27-15-6-7-16-28(27)33(30(23)24)31(25)29(22)32/h1-18H,19H2. The summed E-state index contributed by atoms with van der Waals surface area (Å²) in [5.74, 6) is 0. The van der Waals surface area contributed by atoms with Gasteiger partial charge in [0.2, 0.25) is 6.71 Å². The molecular weight excluding hydrogens is 397 g/mol. The van der Waals surface area contributed by atoms with Crippen LogP contribution in [0.25, 0.3) is 38.6 Å².